The van der Waals surface area contributed by atoms with E-state index in [-0.39, 0.29) is 23.0 Å². The van der Waals surface area contributed by atoms with Gasteiger partial charge in [0.2, 0.25) is 0 Å². The van der Waals surface area contributed by atoms with E-state index >= 15 is 0 Å². The first kappa shape index (κ1) is 16.2. The number of ether oxygens (including phenoxy) is 1. The van der Waals surface area contributed by atoms with E-state index in [0.717, 1.165) is 10.9 Å². The number of carboxylic acids is 2. The number of hydrogen-bond acceptors (Lipinski definition) is 3. The number of aliphatic carboxylic acids is 2. The Morgan fingerprint density at radius 2 is 1.83 bits per heavy atom. The quantitative estimate of drug-likeness (QED) is 0.820. The Morgan fingerprint density at radius 3 is 2.39 bits per heavy atom. The highest BCUT2D eigenvalue weighted by Crippen LogP contribution is 2.46. The van der Waals surface area contributed by atoms with Crippen molar-refractivity contribution in [2.24, 2.45) is 11.8 Å². The number of halogens is 1. The first-order chi connectivity index (χ1) is 10.9. The summed E-state index contributed by atoms with van der Waals surface area (Å²) in [5, 5.41) is 18.6. The largest absolute Gasteiger partial charge is 0.478 e. The minimum absolute atomic E-state index is 0.0258. The minimum atomic E-state index is -1.19. The molecule has 1 saturated heterocycles. The Hall–Kier alpha value is -1.66. The Morgan fingerprint density at radius 1 is 1.22 bits per heavy atom. The van der Waals surface area contributed by atoms with E-state index in [1.165, 1.54) is 5.56 Å². The number of carbonyl (C=O) groups is 2. The molecule has 2 bridgehead atoms. The van der Waals surface area contributed by atoms with Crippen LogP contribution in [0.1, 0.15) is 18.9 Å². The fraction of sp³-hybridized carbons (Fsp3) is 0.412. The third-order valence-corrected chi connectivity index (χ3v) is 5.27. The summed E-state index contributed by atoms with van der Waals surface area (Å²) in [4.78, 5) is 22.8. The summed E-state index contributed by atoms with van der Waals surface area (Å²) in [6.07, 6.45) is 0.163. The van der Waals surface area contributed by atoms with Crippen LogP contribution in [0.2, 0.25) is 0 Å². The topological polar surface area (TPSA) is 83.8 Å². The highest BCUT2D eigenvalue weighted by Gasteiger charge is 2.52. The summed E-state index contributed by atoms with van der Waals surface area (Å²) < 4.78 is 6.68. The van der Waals surface area contributed by atoms with Crippen molar-refractivity contribution in [2.45, 2.75) is 32.0 Å². The van der Waals surface area contributed by atoms with Crippen LogP contribution in [-0.2, 0) is 20.7 Å². The third-order valence-electron chi connectivity index (χ3n) is 4.75. The number of fused-ring (bicyclic) bond motifs is 2. The summed E-state index contributed by atoms with van der Waals surface area (Å²) in [5.74, 6) is -2.14. The first-order valence-electron chi connectivity index (χ1n) is 7.49. The summed E-state index contributed by atoms with van der Waals surface area (Å²) in [6.45, 7) is 2.07. The van der Waals surface area contributed by atoms with E-state index in [4.69, 9.17) is 4.74 Å². The van der Waals surface area contributed by atoms with Gasteiger partial charge in [-0.1, -0.05) is 35.0 Å². The Kier molecular flexibility index (Phi) is 4.29. The van der Waals surface area contributed by atoms with Crippen LogP contribution >= 0.6 is 15.9 Å². The number of hydrogen-bond donors (Lipinski definition) is 2. The maximum absolute atomic E-state index is 11.5. The molecule has 0 aromatic heterocycles. The van der Waals surface area contributed by atoms with E-state index in [0.29, 0.717) is 6.42 Å². The van der Waals surface area contributed by atoms with E-state index in [9.17, 15) is 19.8 Å². The summed E-state index contributed by atoms with van der Waals surface area (Å²) in [6, 6.07) is 8.02. The van der Waals surface area contributed by atoms with Gasteiger partial charge in [0.05, 0.1) is 23.4 Å². The van der Waals surface area contributed by atoms with Crippen molar-refractivity contribution in [3.63, 3.8) is 0 Å². The molecule has 0 spiro atoms. The number of benzene rings is 1. The number of rotatable bonds is 5. The van der Waals surface area contributed by atoms with Crippen LogP contribution in [0.15, 0.2) is 39.9 Å². The second kappa shape index (κ2) is 6.09. The Labute approximate surface area is 142 Å². The molecular formula is C17H17BrO5. The van der Waals surface area contributed by atoms with Crippen LogP contribution in [0.25, 0.3) is 0 Å². The number of carboxylic acid groups (broad SMARTS) is 2. The van der Waals surface area contributed by atoms with Crippen LogP contribution < -0.4 is 0 Å². The predicted molar refractivity (Wildman–Crippen MR) is 86.1 cm³/mol. The summed E-state index contributed by atoms with van der Waals surface area (Å²) in [7, 11) is 0. The third kappa shape index (κ3) is 2.93. The van der Waals surface area contributed by atoms with Crippen molar-refractivity contribution < 1.29 is 24.5 Å². The molecule has 122 valence electrons. The molecule has 6 heteroatoms. The zero-order valence-electron chi connectivity index (χ0n) is 12.5. The summed E-state index contributed by atoms with van der Waals surface area (Å²) in [5.41, 5.74) is 1.03. The summed E-state index contributed by atoms with van der Waals surface area (Å²) >= 11 is 3.40. The van der Waals surface area contributed by atoms with Crippen LogP contribution in [0, 0.1) is 11.8 Å². The fourth-order valence-electron chi connectivity index (χ4n) is 3.66. The SMILES string of the molecule is CC(Cc1ccc(Br)cc1)C1CC2OC1C(C(=O)O)=C2C(=O)O. The van der Waals surface area contributed by atoms with Gasteiger partial charge >= 0.3 is 11.9 Å². The molecule has 0 radical (unpaired) electrons. The van der Waals surface area contributed by atoms with Gasteiger partial charge in [0, 0.05) is 4.47 Å². The molecule has 0 aliphatic carbocycles. The molecule has 4 unspecified atom stereocenters. The highest BCUT2D eigenvalue weighted by molar-refractivity contribution is 9.10. The van der Waals surface area contributed by atoms with Crippen LogP contribution in [0.5, 0.6) is 0 Å². The lowest BCUT2D eigenvalue weighted by Crippen LogP contribution is -2.31. The molecule has 1 aromatic rings. The van der Waals surface area contributed by atoms with Gasteiger partial charge < -0.3 is 14.9 Å². The average molecular weight is 381 g/mol. The van der Waals surface area contributed by atoms with Crippen molar-refractivity contribution in [3.8, 4) is 0 Å². The van der Waals surface area contributed by atoms with E-state index in [1.807, 2.05) is 24.3 Å². The maximum atomic E-state index is 11.5. The second-order valence-corrected chi connectivity index (χ2v) is 7.11. The Bertz CT molecular complexity index is 679. The smallest absolute Gasteiger partial charge is 0.334 e. The fourth-order valence-corrected chi connectivity index (χ4v) is 3.93. The standard InChI is InChI=1S/C17H17BrO5/c1-8(6-9-2-4-10(18)5-3-9)11-7-12-13(16(19)20)14(17(21)22)15(11)23-12/h2-5,8,11-12,15H,6-7H2,1H3,(H,19,20)(H,21,22). The molecule has 0 amide bonds. The van der Waals surface area contributed by atoms with Gasteiger partial charge in [-0.3, -0.25) is 0 Å². The van der Waals surface area contributed by atoms with Gasteiger partial charge in [0.15, 0.2) is 0 Å². The van der Waals surface area contributed by atoms with Crippen LogP contribution in [0.3, 0.4) is 0 Å². The predicted octanol–water partition coefficient (Wildman–Crippen LogP) is 2.88. The zero-order valence-corrected chi connectivity index (χ0v) is 14.1. The van der Waals surface area contributed by atoms with E-state index < -0.39 is 24.1 Å². The molecule has 2 heterocycles. The van der Waals surface area contributed by atoms with Gasteiger partial charge in [-0.2, -0.15) is 0 Å². The van der Waals surface area contributed by atoms with Crippen molar-refractivity contribution in [3.05, 3.63) is 45.4 Å². The van der Waals surface area contributed by atoms with Crippen molar-refractivity contribution in [2.75, 3.05) is 0 Å². The normalized spacial score (nSPS) is 27.3. The molecule has 23 heavy (non-hydrogen) atoms. The van der Waals surface area contributed by atoms with Crippen LogP contribution in [-0.4, -0.2) is 34.4 Å². The van der Waals surface area contributed by atoms with E-state index in [1.54, 1.807) is 0 Å². The molecule has 2 N–H and O–H groups in total. The van der Waals surface area contributed by atoms with Gasteiger partial charge in [-0.05, 0) is 42.4 Å². The molecule has 1 fully saturated rings. The first-order valence-corrected chi connectivity index (χ1v) is 8.28. The minimum Gasteiger partial charge on any atom is -0.478 e. The van der Waals surface area contributed by atoms with Crippen molar-refractivity contribution >= 4 is 27.9 Å². The highest BCUT2D eigenvalue weighted by atomic mass is 79.9. The lowest BCUT2D eigenvalue weighted by atomic mass is 9.75. The van der Waals surface area contributed by atoms with Gasteiger partial charge in [-0.25, -0.2) is 9.59 Å². The van der Waals surface area contributed by atoms with Gasteiger partial charge in [0.25, 0.3) is 0 Å². The second-order valence-electron chi connectivity index (χ2n) is 6.19. The monoisotopic (exact) mass is 380 g/mol. The Balaban J connectivity index is 1.79. The maximum Gasteiger partial charge on any atom is 0.334 e. The van der Waals surface area contributed by atoms with Crippen molar-refractivity contribution in [1.82, 2.24) is 0 Å². The lowest BCUT2D eigenvalue weighted by molar-refractivity contribution is -0.136. The average Bonchev–Trinajstić information content (AvgIpc) is 3.07. The van der Waals surface area contributed by atoms with Gasteiger partial charge in [-0.15, -0.1) is 0 Å². The molecule has 1 aromatic carbocycles. The van der Waals surface area contributed by atoms with Gasteiger partial charge in [0.1, 0.15) is 0 Å². The van der Waals surface area contributed by atoms with E-state index in [2.05, 4.69) is 22.9 Å². The molecule has 3 rings (SSSR count). The molecule has 2 aliphatic rings. The molecule has 5 nitrogen and oxygen atoms in total. The lowest BCUT2D eigenvalue weighted by Gasteiger charge is -2.26. The molecule has 4 atom stereocenters. The van der Waals surface area contributed by atoms with Crippen molar-refractivity contribution in [1.29, 1.82) is 0 Å². The molecule has 2 aliphatic heterocycles. The zero-order chi connectivity index (χ0) is 16.7. The van der Waals surface area contributed by atoms with Crippen LogP contribution in [0.4, 0.5) is 0 Å². The molecule has 0 saturated carbocycles. The molecular weight excluding hydrogens is 364 g/mol.